The van der Waals surface area contributed by atoms with E-state index in [2.05, 4.69) is 22.2 Å². The molecule has 1 aliphatic rings. The molecule has 0 amide bonds. The largest absolute Gasteiger partial charge is 0.307 e. The lowest BCUT2D eigenvalue weighted by Gasteiger charge is -2.26. The maximum atomic E-state index is 13.7. The van der Waals surface area contributed by atoms with Crippen molar-refractivity contribution in [2.75, 3.05) is 13.6 Å². The van der Waals surface area contributed by atoms with Gasteiger partial charge in [-0.25, -0.2) is 4.39 Å². The lowest BCUT2D eigenvalue weighted by Crippen LogP contribution is -2.34. The topological polar surface area (TPSA) is 28.2 Å². The number of benzene rings is 1. The zero-order chi connectivity index (χ0) is 14.8. The van der Waals surface area contributed by atoms with E-state index >= 15 is 0 Å². The van der Waals surface area contributed by atoms with E-state index in [-0.39, 0.29) is 16.9 Å². The number of rotatable bonds is 4. The smallest absolute Gasteiger partial charge is 0.142 e. The normalized spacial score (nSPS) is 22.8. The van der Waals surface area contributed by atoms with Crippen LogP contribution in [0, 0.1) is 5.82 Å². The van der Waals surface area contributed by atoms with Gasteiger partial charge in [0.1, 0.15) is 5.82 Å². The molecule has 2 atom stereocenters. The lowest BCUT2D eigenvalue weighted by molar-refractivity contribution is 0.285. The molecule has 0 radical (unpaired) electrons. The molecule has 1 aromatic heterocycles. The van der Waals surface area contributed by atoms with Crippen molar-refractivity contribution in [3.8, 4) is 0 Å². The molecule has 21 heavy (non-hydrogen) atoms. The molecular weight excluding hydrogens is 309 g/mol. The van der Waals surface area contributed by atoms with Crippen molar-refractivity contribution in [1.82, 2.24) is 15.2 Å². The van der Waals surface area contributed by atoms with Crippen LogP contribution in [-0.4, -0.2) is 29.5 Å². The summed E-state index contributed by atoms with van der Waals surface area (Å²) in [7, 11) is 2.07. The summed E-state index contributed by atoms with van der Waals surface area (Å²) < 4.78 is 13.7. The minimum atomic E-state index is -0.351. The molecule has 1 N–H and O–H groups in total. The third-order valence-corrected chi connectivity index (χ3v) is 5.04. The number of halogens is 2. The molecule has 2 aromatic rings. The molecule has 3 rings (SSSR count). The molecule has 6 heteroatoms. The van der Waals surface area contributed by atoms with Crippen LogP contribution in [0.4, 0.5) is 4.39 Å². The number of nitrogens with zero attached hydrogens (tertiary/aromatic N) is 2. The van der Waals surface area contributed by atoms with Crippen LogP contribution >= 0.6 is 22.9 Å². The first-order valence-corrected chi connectivity index (χ1v) is 8.17. The predicted molar refractivity (Wildman–Crippen MR) is 84.1 cm³/mol. The fourth-order valence-electron chi connectivity index (χ4n) is 2.90. The van der Waals surface area contributed by atoms with Crippen molar-refractivity contribution >= 4 is 22.9 Å². The van der Waals surface area contributed by atoms with Gasteiger partial charge in [-0.15, -0.1) is 11.3 Å². The molecule has 0 saturated carbocycles. The van der Waals surface area contributed by atoms with Gasteiger partial charge in [-0.2, -0.15) is 0 Å². The van der Waals surface area contributed by atoms with Crippen LogP contribution in [0.5, 0.6) is 0 Å². The van der Waals surface area contributed by atoms with Crippen LogP contribution in [0.25, 0.3) is 0 Å². The van der Waals surface area contributed by atoms with E-state index in [4.69, 9.17) is 11.6 Å². The highest BCUT2D eigenvalue weighted by Gasteiger charge is 2.33. The zero-order valence-corrected chi connectivity index (χ0v) is 13.3. The van der Waals surface area contributed by atoms with Crippen LogP contribution in [-0.2, 0) is 6.54 Å². The number of aromatic nitrogens is 1. The summed E-state index contributed by atoms with van der Waals surface area (Å²) in [5, 5.41) is 3.74. The minimum absolute atomic E-state index is 0.171. The SMILES string of the molecule is CN1CC[C@@H](NCc2cncs2)[C@@H]1c1ccc(Cl)c(F)c1. The molecular formula is C15H17ClFN3S. The number of hydrogen-bond acceptors (Lipinski definition) is 4. The highest BCUT2D eigenvalue weighted by molar-refractivity contribution is 7.09. The lowest BCUT2D eigenvalue weighted by atomic mass is 10.00. The number of likely N-dealkylation sites (tertiary alicyclic amines) is 1. The Balaban J connectivity index is 1.75. The van der Waals surface area contributed by atoms with E-state index in [9.17, 15) is 4.39 Å². The average molecular weight is 326 g/mol. The third-order valence-electron chi connectivity index (χ3n) is 3.96. The molecule has 112 valence electrons. The van der Waals surface area contributed by atoms with E-state index in [0.717, 1.165) is 25.1 Å². The van der Waals surface area contributed by atoms with Gasteiger partial charge >= 0.3 is 0 Å². The minimum Gasteiger partial charge on any atom is -0.307 e. The van der Waals surface area contributed by atoms with Gasteiger partial charge in [0, 0.05) is 36.2 Å². The second kappa shape index (κ2) is 6.40. The van der Waals surface area contributed by atoms with Crippen LogP contribution < -0.4 is 5.32 Å². The van der Waals surface area contributed by atoms with Gasteiger partial charge in [0.2, 0.25) is 0 Å². The Morgan fingerprint density at radius 2 is 2.38 bits per heavy atom. The van der Waals surface area contributed by atoms with Gasteiger partial charge in [0.25, 0.3) is 0 Å². The van der Waals surface area contributed by atoms with Gasteiger partial charge < -0.3 is 5.32 Å². The zero-order valence-electron chi connectivity index (χ0n) is 11.7. The standard InChI is InChI=1S/C15H17ClFN3S/c1-20-5-4-14(19-8-11-7-18-9-21-11)15(20)10-2-3-12(16)13(17)6-10/h2-3,6-7,9,14-15,19H,4-5,8H2,1H3/t14-,15+/m1/s1. The highest BCUT2D eigenvalue weighted by atomic mass is 35.5. The molecule has 2 heterocycles. The van der Waals surface area contributed by atoms with E-state index < -0.39 is 0 Å². The summed E-state index contributed by atoms with van der Waals surface area (Å²) in [4.78, 5) is 7.56. The van der Waals surface area contributed by atoms with Crippen LogP contribution in [0.1, 0.15) is 22.9 Å². The molecule has 0 bridgehead atoms. The number of thiazole rings is 1. The summed E-state index contributed by atoms with van der Waals surface area (Å²) >= 11 is 7.42. The van der Waals surface area contributed by atoms with E-state index in [1.807, 2.05) is 17.8 Å². The molecule has 1 aromatic carbocycles. The van der Waals surface area contributed by atoms with Crippen molar-refractivity contribution < 1.29 is 4.39 Å². The van der Waals surface area contributed by atoms with Crippen molar-refractivity contribution in [2.45, 2.75) is 25.0 Å². The van der Waals surface area contributed by atoms with Gasteiger partial charge in [-0.3, -0.25) is 9.88 Å². The van der Waals surface area contributed by atoms with Crippen LogP contribution in [0.15, 0.2) is 29.9 Å². The summed E-state index contributed by atoms with van der Waals surface area (Å²) in [6, 6.07) is 5.58. The number of nitrogens with one attached hydrogen (secondary N) is 1. The molecule has 0 spiro atoms. The van der Waals surface area contributed by atoms with Crippen LogP contribution in [0.3, 0.4) is 0 Å². The molecule has 1 fully saturated rings. The first kappa shape index (κ1) is 14.9. The number of hydrogen-bond donors (Lipinski definition) is 1. The fraction of sp³-hybridized carbons (Fsp3) is 0.400. The monoisotopic (exact) mass is 325 g/mol. The van der Waals surface area contributed by atoms with Crippen molar-refractivity contribution in [3.05, 3.63) is 51.2 Å². The Morgan fingerprint density at radius 1 is 1.52 bits per heavy atom. The highest BCUT2D eigenvalue weighted by Crippen LogP contribution is 2.32. The Morgan fingerprint density at radius 3 is 3.10 bits per heavy atom. The van der Waals surface area contributed by atoms with Crippen molar-refractivity contribution in [2.24, 2.45) is 0 Å². The molecule has 1 aliphatic heterocycles. The summed E-state index contributed by atoms with van der Waals surface area (Å²) in [6.45, 7) is 1.80. The Hall–Kier alpha value is -1.01. The van der Waals surface area contributed by atoms with Gasteiger partial charge in [0.05, 0.1) is 10.5 Å². The first-order chi connectivity index (χ1) is 10.1. The van der Waals surface area contributed by atoms with E-state index in [1.54, 1.807) is 23.5 Å². The van der Waals surface area contributed by atoms with Crippen molar-refractivity contribution in [1.29, 1.82) is 0 Å². The maximum absolute atomic E-state index is 13.7. The quantitative estimate of drug-likeness (QED) is 0.933. The van der Waals surface area contributed by atoms with Crippen molar-refractivity contribution in [3.63, 3.8) is 0 Å². The summed E-state index contributed by atoms with van der Waals surface area (Å²) in [6.07, 6.45) is 2.93. The summed E-state index contributed by atoms with van der Waals surface area (Å²) in [5.41, 5.74) is 2.81. The average Bonchev–Trinajstić information content (AvgIpc) is 3.09. The Bertz CT molecular complexity index is 605. The van der Waals surface area contributed by atoms with E-state index in [0.29, 0.717) is 6.04 Å². The first-order valence-electron chi connectivity index (χ1n) is 6.91. The van der Waals surface area contributed by atoms with Gasteiger partial charge in [-0.1, -0.05) is 17.7 Å². The molecule has 0 aliphatic carbocycles. The fourth-order valence-corrected chi connectivity index (χ4v) is 3.57. The van der Waals surface area contributed by atoms with Gasteiger partial charge in [-0.05, 0) is 31.2 Å². The Kier molecular flexibility index (Phi) is 4.54. The molecule has 1 saturated heterocycles. The third kappa shape index (κ3) is 3.26. The predicted octanol–water partition coefficient (Wildman–Crippen LogP) is 3.47. The van der Waals surface area contributed by atoms with Gasteiger partial charge in [0.15, 0.2) is 0 Å². The second-order valence-corrected chi connectivity index (χ2v) is 6.72. The molecule has 3 nitrogen and oxygen atoms in total. The Labute approximate surface area is 132 Å². The van der Waals surface area contributed by atoms with Crippen LogP contribution in [0.2, 0.25) is 5.02 Å². The summed E-state index contributed by atoms with van der Waals surface area (Å²) in [5.74, 6) is -0.351. The van der Waals surface area contributed by atoms with E-state index in [1.165, 1.54) is 4.88 Å². The molecule has 0 unspecified atom stereocenters. The second-order valence-electron chi connectivity index (χ2n) is 5.34. The maximum Gasteiger partial charge on any atom is 0.142 e. The number of likely N-dealkylation sites (N-methyl/N-ethyl adjacent to an activating group) is 1.